The number of benzene rings is 3. The molecule has 326 valence electrons. The van der Waals surface area contributed by atoms with E-state index in [1.165, 1.54) is 10.4 Å². The molecule has 1 fully saturated rings. The van der Waals surface area contributed by atoms with E-state index in [0.717, 1.165) is 36.8 Å². The van der Waals surface area contributed by atoms with Crippen molar-refractivity contribution in [1.29, 1.82) is 0 Å². The molecule has 4 aromatic rings. The number of allylic oxidation sites excluding steroid dienone is 1. The number of para-hydroxylation sites is 1. The summed E-state index contributed by atoms with van der Waals surface area (Å²) < 4.78 is 66.8. The van der Waals surface area contributed by atoms with Gasteiger partial charge in [-0.05, 0) is 100 Å². The zero-order valence-electron chi connectivity index (χ0n) is 35.5. The summed E-state index contributed by atoms with van der Waals surface area (Å²) in [5, 5.41) is 25.3. The molecule has 3 aliphatic rings. The molecular formula is C48H58FN3O8S. The molecule has 0 spiro atoms. The highest BCUT2D eigenvalue weighted by molar-refractivity contribution is 7.89. The summed E-state index contributed by atoms with van der Waals surface area (Å²) in [7, 11) is -2.72. The summed E-state index contributed by atoms with van der Waals surface area (Å²) in [6, 6.07) is 19.8. The molecule has 0 unspecified atom stereocenters. The Morgan fingerprint density at radius 2 is 1.77 bits per heavy atom. The van der Waals surface area contributed by atoms with Gasteiger partial charge in [0.1, 0.15) is 34.4 Å². The first kappa shape index (κ1) is 44.4. The SMILES string of the molecule is C=CCO[C@@]12Oc3ccc(OCc4ccccc4F)cc3[C@H]3[C@H](CCCCO)[C@@H](CCCCO)C=C(C(=NOC(C)(C)C)C[C@@H]1N(C)S(=O)(=O)c1cccc4cccnc14)[C@H]32. The smallest absolute Gasteiger partial charge is 0.245 e. The van der Waals surface area contributed by atoms with Crippen LogP contribution in [0.4, 0.5) is 4.39 Å². The van der Waals surface area contributed by atoms with Crippen LogP contribution in [0.1, 0.15) is 82.8 Å². The van der Waals surface area contributed by atoms with Crippen molar-refractivity contribution >= 4 is 26.6 Å². The molecule has 0 bridgehead atoms. The van der Waals surface area contributed by atoms with Crippen LogP contribution in [0.5, 0.6) is 11.5 Å². The number of hydrogen-bond donors (Lipinski definition) is 2. The first-order valence-corrected chi connectivity index (χ1v) is 22.7. The number of oxime groups is 1. The lowest BCUT2D eigenvalue weighted by atomic mass is 9.55. The van der Waals surface area contributed by atoms with Crippen molar-refractivity contribution in [2.45, 2.75) is 101 Å². The number of fused-ring (bicyclic) bond motifs is 3. The summed E-state index contributed by atoms with van der Waals surface area (Å²) in [4.78, 5) is 10.7. The predicted octanol–water partition coefficient (Wildman–Crippen LogP) is 8.71. The molecule has 0 amide bonds. The van der Waals surface area contributed by atoms with Crippen LogP contribution in [0.15, 0.2) is 113 Å². The van der Waals surface area contributed by atoms with Gasteiger partial charge in [-0.25, -0.2) is 12.8 Å². The van der Waals surface area contributed by atoms with Crippen LogP contribution >= 0.6 is 0 Å². The third kappa shape index (κ3) is 9.13. The highest BCUT2D eigenvalue weighted by Gasteiger charge is 2.65. The molecule has 1 saturated carbocycles. The lowest BCUT2D eigenvalue weighted by molar-refractivity contribution is -0.250. The zero-order valence-corrected chi connectivity index (χ0v) is 36.3. The van der Waals surface area contributed by atoms with E-state index in [0.29, 0.717) is 46.5 Å². The maximum absolute atomic E-state index is 15.1. The lowest BCUT2D eigenvalue weighted by Crippen LogP contribution is -2.69. The van der Waals surface area contributed by atoms with Gasteiger partial charge < -0.3 is 29.3 Å². The van der Waals surface area contributed by atoms with E-state index < -0.39 is 33.4 Å². The van der Waals surface area contributed by atoms with Crippen molar-refractivity contribution in [3.8, 4) is 11.5 Å². The number of unbranched alkanes of at least 4 members (excludes halogenated alkanes) is 2. The van der Waals surface area contributed by atoms with E-state index >= 15 is 8.42 Å². The molecule has 2 N–H and O–H groups in total. The van der Waals surface area contributed by atoms with E-state index in [2.05, 4.69) is 17.6 Å². The van der Waals surface area contributed by atoms with E-state index in [-0.39, 0.29) is 61.3 Å². The topological polar surface area (TPSA) is 140 Å². The van der Waals surface area contributed by atoms with Crippen LogP contribution in [-0.4, -0.2) is 77.9 Å². The Morgan fingerprint density at radius 3 is 2.51 bits per heavy atom. The van der Waals surface area contributed by atoms with Gasteiger partial charge in [-0.1, -0.05) is 66.5 Å². The average Bonchev–Trinajstić information content (AvgIpc) is 3.25. The summed E-state index contributed by atoms with van der Waals surface area (Å²) in [5.74, 6) is -1.90. The second-order valence-electron chi connectivity index (χ2n) is 17.2. The van der Waals surface area contributed by atoms with Crippen LogP contribution in [0.3, 0.4) is 0 Å². The van der Waals surface area contributed by atoms with Gasteiger partial charge in [0.25, 0.3) is 0 Å². The van der Waals surface area contributed by atoms with Gasteiger partial charge in [0.05, 0.1) is 29.8 Å². The quantitative estimate of drug-likeness (QED) is 0.0572. The third-order valence-electron chi connectivity index (χ3n) is 12.1. The van der Waals surface area contributed by atoms with Crippen molar-refractivity contribution in [2.24, 2.45) is 22.9 Å². The highest BCUT2D eigenvalue weighted by atomic mass is 32.2. The molecule has 0 saturated heterocycles. The number of pyridine rings is 1. The Bertz CT molecular complexity index is 2360. The van der Waals surface area contributed by atoms with Crippen molar-refractivity contribution in [3.05, 3.63) is 120 Å². The van der Waals surface area contributed by atoms with Crippen LogP contribution in [0.2, 0.25) is 0 Å². The molecule has 2 aliphatic carbocycles. The number of aromatic nitrogens is 1. The van der Waals surface area contributed by atoms with Gasteiger partial charge >= 0.3 is 0 Å². The normalized spacial score (nSPS) is 24.2. The Kier molecular flexibility index (Phi) is 13.7. The monoisotopic (exact) mass is 855 g/mol. The Hall–Kier alpha value is -4.66. The molecule has 61 heavy (non-hydrogen) atoms. The van der Waals surface area contributed by atoms with Crippen LogP contribution in [-0.2, 0) is 26.2 Å². The number of ether oxygens (including phenoxy) is 3. The molecular weight excluding hydrogens is 798 g/mol. The van der Waals surface area contributed by atoms with Crippen molar-refractivity contribution in [3.63, 3.8) is 0 Å². The predicted molar refractivity (Wildman–Crippen MR) is 233 cm³/mol. The molecule has 0 radical (unpaired) electrons. The number of hydrogen-bond acceptors (Lipinski definition) is 10. The van der Waals surface area contributed by atoms with Crippen molar-refractivity contribution in [1.82, 2.24) is 9.29 Å². The Balaban J connectivity index is 1.45. The second-order valence-corrected chi connectivity index (χ2v) is 19.2. The van der Waals surface area contributed by atoms with Crippen molar-refractivity contribution in [2.75, 3.05) is 26.9 Å². The van der Waals surface area contributed by atoms with Crippen molar-refractivity contribution < 1.29 is 42.1 Å². The van der Waals surface area contributed by atoms with Crippen LogP contribution in [0, 0.1) is 23.6 Å². The molecule has 6 atom stereocenters. The number of aliphatic hydroxyl groups excluding tert-OH is 2. The largest absolute Gasteiger partial charge is 0.489 e. The maximum Gasteiger partial charge on any atom is 0.245 e. The maximum atomic E-state index is 15.1. The van der Waals surface area contributed by atoms with Crippen LogP contribution in [0.25, 0.3) is 10.9 Å². The number of likely N-dealkylation sites (N-methyl/N-ethyl adjacent to an activating group) is 1. The first-order chi connectivity index (χ1) is 29.3. The minimum Gasteiger partial charge on any atom is -0.489 e. The summed E-state index contributed by atoms with van der Waals surface area (Å²) in [6.45, 7) is 9.90. The molecule has 11 nitrogen and oxygen atoms in total. The Morgan fingerprint density at radius 1 is 1.02 bits per heavy atom. The molecule has 1 aromatic heterocycles. The average molecular weight is 856 g/mol. The van der Waals surface area contributed by atoms with Gasteiger partial charge in [0.15, 0.2) is 0 Å². The van der Waals surface area contributed by atoms with Gasteiger partial charge in [0, 0.05) is 55.3 Å². The van der Waals surface area contributed by atoms with Gasteiger partial charge in [-0.3, -0.25) is 4.98 Å². The fourth-order valence-corrected chi connectivity index (χ4v) is 10.9. The number of nitrogens with zero attached hydrogens (tertiary/aromatic N) is 3. The second kappa shape index (κ2) is 18.8. The zero-order chi connectivity index (χ0) is 43.4. The summed E-state index contributed by atoms with van der Waals surface area (Å²) in [6.07, 6.45) is 9.84. The number of halogens is 1. The van der Waals surface area contributed by atoms with E-state index in [1.54, 1.807) is 61.8 Å². The van der Waals surface area contributed by atoms with Crippen LogP contribution < -0.4 is 9.47 Å². The summed E-state index contributed by atoms with van der Waals surface area (Å²) >= 11 is 0. The number of aliphatic hydroxyl groups is 2. The number of sulfonamides is 1. The van der Waals surface area contributed by atoms with E-state index in [1.807, 2.05) is 45.0 Å². The minimum atomic E-state index is -4.28. The standard InChI is InChI=1S/C48H58FN3O8S/c1-6-27-58-48-43(52(5)61(55,56)42-21-13-17-32-18-14-24-50-46(32)42)30-40(51-60-47(2,3)4)37-28-33(15-9-11-25-53)36(19-10-12-26-54)44(45(37)48)38-29-35(22-23-41(38)59-48)57-31-34-16-7-8-20-39(34)49/h6-8,13-14,16-18,20-24,28-29,33,36,43-45,53-54H,1,9-12,15,19,25-27,30-31H2,2-5H3/t33-,36+,43-,44+,45+,48+/m0/s1. The third-order valence-corrected chi connectivity index (χ3v) is 14.0. The molecule has 3 aromatic carbocycles. The van der Waals surface area contributed by atoms with Gasteiger partial charge in [0.2, 0.25) is 15.8 Å². The molecule has 13 heteroatoms. The van der Waals surface area contributed by atoms with Gasteiger partial charge in [-0.2, -0.15) is 4.31 Å². The minimum absolute atomic E-state index is 0.00661. The first-order valence-electron chi connectivity index (χ1n) is 21.3. The molecule has 1 aliphatic heterocycles. The lowest BCUT2D eigenvalue weighted by Gasteiger charge is -2.59. The van der Waals surface area contributed by atoms with Gasteiger partial charge in [-0.15, -0.1) is 6.58 Å². The fraction of sp³-hybridized carbons (Fsp3) is 0.458. The highest BCUT2D eigenvalue weighted by Crippen LogP contribution is 2.62. The summed E-state index contributed by atoms with van der Waals surface area (Å²) in [5.41, 5.74) is 2.39. The molecule has 2 heterocycles. The number of rotatable bonds is 18. The van der Waals surface area contributed by atoms with E-state index in [9.17, 15) is 14.6 Å². The Labute approximate surface area is 358 Å². The fourth-order valence-electron chi connectivity index (χ4n) is 9.37. The van der Waals surface area contributed by atoms with E-state index in [4.69, 9.17) is 24.2 Å². The molecule has 7 rings (SSSR count).